The average molecular weight is 393 g/mol. The molecule has 1 aromatic carbocycles. The molecule has 2 amide bonds. The van der Waals surface area contributed by atoms with Crippen molar-refractivity contribution in [2.24, 2.45) is 0 Å². The largest absolute Gasteiger partial charge is 0.349 e. The standard InChI is InChI=1S/C15H22BrN3O2.ClH/c1-11(20)18-14(12-4-6-13(16)7-5-12)10-15(21)19(3)9-8-17-2;/h4-7,14,17H,8-10H2,1-3H3,(H,18,20);1H. The van der Waals surface area contributed by atoms with Crippen molar-refractivity contribution in [1.29, 1.82) is 0 Å². The molecular weight excluding hydrogens is 370 g/mol. The number of halogens is 2. The minimum atomic E-state index is -0.305. The highest BCUT2D eigenvalue weighted by Gasteiger charge is 2.19. The number of likely N-dealkylation sites (N-methyl/N-ethyl adjacent to an activating group) is 2. The van der Waals surface area contributed by atoms with Crippen molar-refractivity contribution < 1.29 is 9.59 Å². The molecule has 0 aliphatic rings. The molecule has 22 heavy (non-hydrogen) atoms. The van der Waals surface area contributed by atoms with Crippen molar-refractivity contribution in [3.8, 4) is 0 Å². The molecule has 1 atom stereocenters. The third kappa shape index (κ3) is 7.24. The maximum Gasteiger partial charge on any atom is 0.224 e. The lowest BCUT2D eigenvalue weighted by molar-refractivity contribution is -0.130. The Hall–Kier alpha value is -1.11. The number of nitrogens with one attached hydrogen (secondary N) is 2. The van der Waals surface area contributed by atoms with E-state index in [9.17, 15) is 9.59 Å². The highest BCUT2D eigenvalue weighted by atomic mass is 79.9. The number of hydrogen-bond donors (Lipinski definition) is 2. The number of rotatable bonds is 7. The summed E-state index contributed by atoms with van der Waals surface area (Å²) in [7, 11) is 3.62. The predicted molar refractivity (Wildman–Crippen MR) is 94.1 cm³/mol. The van der Waals surface area contributed by atoms with Crippen LogP contribution in [0.15, 0.2) is 28.7 Å². The summed E-state index contributed by atoms with van der Waals surface area (Å²) < 4.78 is 0.963. The van der Waals surface area contributed by atoms with Gasteiger partial charge in [-0.05, 0) is 24.7 Å². The Morgan fingerprint density at radius 2 is 1.86 bits per heavy atom. The minimum Gasteiger partial charge on any atom is -0.349 e. The van der Waals surface area contributed by atoms with Crippen molar-refractivity contribution in [2.45, 2.75) is 19.4 Å². The molecule has 1 rings (SSSR count). The zero-order valence-electron chi connectivity index (χ0n) is 13.1. The lowest BCUT2D eigenvalue weighted by atomic mass is 10.0. The van der Waals surface area contributed by atoms with Gasteiger partial charge in [-0.2, -0.15) is 0 Å². The fourth-order valence-corrected chi connectivity index (χ4v) is 2.19. The van der Waals surface area contributed by atoms with E-state index >= 15 is 0 Å². The van der Waals surface area contributed by atoms with Gasteiger partial charge < -0.3 is 15.5 Å². The summed E-state index contributed by atoms with van der Waals surface area (Å²) in [5.41, 5.74) is 0.920. The first-order valence-electron chi connectivity index (χ1n) is 6.85. The van der Waals surface area contributed by atoms with E-state index < -0.39 is 0 Å². The molecule has 0 radical (unpaired) electrons. The molecule has 0 bridgehead atoms. The Kier molecular flexibility index (Phi) is 10.1. The van der Waals surface area contributed by atoms with Crippen LogP contribution in [0.3, 0.4) is 0 Å². The van der Waals surface area contributed by atoms with Crippen LogP contribution in [0.4, 0.5) is 0 Å². The predicted octanol–water partition coefficient (Wildman–Crippen LogP) is 2.12. The number of amides is 2. The van der Waals surface area contributed by atoms with Crippen LogP contribution in [-0.2, 0) is 9.59 Å². The van der Waals surface area contributed by atoms with Crippen molar-refractivity contribution in [2.75, 3.05) is 27.2 Å². The molecule has 0 heterocycles. The second-order valence-electron chi connectivity index (χ2n) is 4.93. The minimum absolute atomic E-state index is 0. The second kappa shape index (κ2) is 10.6. The van der Waals surface area contributed by atoms with Gasteiger partial charge in [-0.25, -0.2) is 0 Å². The first-order chi connectivity index (χ1) is 9.93. The summed E-state index contributed by atoms with van der Waals surface area (Å²) in [5, 5.41) is 5.85. The molecule has 1 aromatic rings. The van der Waals surface area contributed by atoms with E-state index in [1.54, 1.807) is 11.9 Å². The summed E-state index contributed by atoms with van der Waals surface area (Å²) in [6, 6.07) is 7.32. The van der Waals surface area contributed by atoms with Gasteiger partial charge in [0.25, 0.3) is 0 Å². The van der Waals surface area contributed by atoms with Gasteiger partial charge in [-0.15, -0.1) is 12.4 Å². The number of carbonyl (C=O) groups is 2. The van der Waals surface area contributed by atoms with Crippen molar-refractivity contribution in [3.63, 3.8) is 0 Å². The van der Waals surface area contributed by atoms with Gasteiger partial charge in [-0.1, -0.05) is 28.1 Å². The fraction of sp³-hybridized carbons (Fsp3) is 0.467. The van der Waals surface area contributed by atoms with E-state index in [4.69, 9.17) is 0 Å². The van der Waals surface area contributed by atoms with E-state index in [1.165, 1.54) is 6.92 Å². The SMILES string of the molecule is CNCCN(C)C(=O)CC(NC(C)=O)c1ccc(Br)cc1.Cl. The van der Waals surface area contributed by atoms with E-state index in [2.05, 4.69) is 26.6 Å². The van der Waals surface area contributed by atoms with Crippen LogP contribution in [0.1, 0.15) is 24.9 Å². The van der Waals surface area contributed by atoms with Gasteiger partial charge >= 0.3 is 0 Å². The Labute approximate surface area is 146 Å². The van der Waals surface area contributed by atoms with E-state index in [0.717, 1.165) is 16.6 Å². The zero-order chi connectivity index (χ0) is 15.8. The zero-order valence-corrected chi connectivity index (χ0v) is 15.5. The summed E-state index contributed by atoms with van der Waals surface area (Å²) in [6.45, 7) is 2.84. The summed E-state index contributed by atoms with van der Waals surface area (Å²) in [4.78, 5) is 25.3. The average Bonchev–Trinajstić information content (AvgIpc) is 2.44. The van der Waals surface area contributed by atoms with Gasteiger partial charge in [-0.3, -0.25) is 9.59 Å². The second-order valence-corrected chi connectivity index (χ2v) is 5.84. The molecule has 5 nitrogen and oxygen atoms in total. The van der Waals surface area contributed by atoms with Crippen LogP contribution in [0.5, 0.6) is 0 Å². The molecule has 0 saturated carbocycles. The molecule has 1 unspecified atom stereocenters. The Bertz CT molecular complexity index is 482. The van der Waals surface area contributed by atoms with Crippen LogP contribution in [0, 0.1) is 0 Å². The lowest BCUT2D eigenvalue weighted by Gasteiger charge is -2.22. The molecule has 7 heteroatoms. The molecule has 0 saturated heterocycles. The molecule has 124 valence electrons. The molecule has 0 spiro atoms. The van der Waals surface area contributed by atoms with Crippen LogP contribution >= 0.6 is 28.3 Å². The number of benzene rings is 1. The summed E-state index contributed by atoms with van der Waals surface area (Å²) >= 11 is 3.38. The lowest BCUT2D eigenvalue weighted by Crippen LogP contribution is -2.36. The van der Waals surface area contributed by atoms with Crippen molar-refractivity contribution in [3.05, 3.63) is 34.3 Å². The summed E-state index contributed by atoms with van der Waals surface area (Å²) in [5.74, 6) is -0.138. The van der Waals surface area contributed by atoms with Crippen LogP contribution in [0.25, 0.3) is 0 Å². The maximum atomic E-state index is 12.2. The normalized spacial score (nSPS) is 11.3. The first-order valence-corrected chi connectivity index (χ1v) is 7.64. The Balaban J connectivity index is 0.00000441. The number of carbonyl (C=O) groups excluding carboxylic acids is 2. The Morgan fingerprint density at radius 1 is 1.27 bits per heavy atom. The van der Waals surface area contributed by atoms with E-state index in [1.807, 2.05) is 31.3 Å². The third-order valence-corrected chi connectivity index (χ3v) is 3.68. The number of hydrogen-bond acceptors (Lipinski definition) is 3. The van der Waals surface area contributed by atoms with Crippen LogP contribution in [0.2, 0.25) is 0 Å². The van der Waals surface area contributed by atoms with E-state index in [-0.39, 0.29) is 36.7 Å². The highest BCUT2D eigenvalue weighted by Crippen LogP contribution is 2.20. The quantitative estimate of drug-likeness (QED) is 0.747. The molecule has 0 fully saturated rings. The smallest absolute Gasteiger partial charge is 0.224 e. The van der Waals surface area contributed by atoms with Gasteiger partial charge in [0.05, 0.1) is 12.5 Å². The molecule has 0 aromatic heterocycles. The maximum absolute atomic E-state index is 12.2. The van der Waals surface area contributed by atoms with Crippen molar-refractivity contribution in [1.82, 2.24) is 15.5 Å². The van der Waals surface area contributed by atoms with Gasteiger partial charge in [0.15, 0.2) is 0 Å². The molecular formula is C15H23BrClN3O2. The van der Waals surface area contributed by atoms with Crippen LogP contribution < -0.4 is 10.6 Å². The highest BCUT2D eigenvalue weighted by molar-refractivity contribution is 9.10. The molecule has 0 aliphatic heterocycles. The number of nitrogens with zero attached hydrogens (tertiary/aromatic N) is 1. The third-order valence-electron chi connectivity index (χ3n) is 3.15. The molecule has 2 N–H and O–H groups in total. The van der Waals surface area contributed by atoms with Gasteiger partial charge in [0.2, 0.25) is 11.8 Å². The van der Waals surface area contributed by atoms with Crippen molar-refractivity contribution >= 4 is 40.2 Å². The fourth-order valence-electron chi connectivity index (χ4n) is 1.93. The monoisotopic (exact) mass is 391 g/mol. The first kappa shape index (κ1) is 20.9. The Morgan fingerprint density at radius 3 is 2.36 bits per heavy atom. The van der Waals surface area contributed by atoms with Gasteiger partial charge in [0.1, 0.15) is 0 Å². The molecule has 0 aliphatic carbocycles. The summed E-state index contributed by atoms with van der Waals surface area (Å²) in [6.07, 6.45) is 0.251. The van der Waals surface area contributed by atoms with Crippen LogP contribution in [-0.4, -0.2) is 43.9 Å². The van der Waals surface area contributed by atoms with Gasteiger partial charge in [0, 0.05) is 31.5 Å². The topological polar surface area (TPSA) is 61.4 Å². The van der Waals surface area contributed by atoms with E-state index in [0.29, 0.717) is 6.54 Å².